The molecule has 2 aromatic rings. The second-order valence-electron chi connectivity index (χ2n) is 9.12. The first kappa shape index (κ1) is 29.1. The Bertz CT molecular complexity index is 1120. The second-order valence-corrected chi connectivity index (χ2v) is 10.1. The molecule has 0 bridgehead atoms. The molecule has 3 rings (SSSR count). The van der Waals surface area contributed by atoms with Crippen molar-refractivity contribution in [2.24, 2.45) is 0 Å². The lowest BCUT2D eigenvalue weighted by atomic mass is 10.1. The Morgan fingerprint density at radius 2 is 2.05 bits per heavy atom. The van der Waals surface area contributed by atoms with Gasteiger partial charge in [-0.15, -0.1) is 11.3 Å². The summed E-state index contributed by atoms with van der Waals surface area (Å²) in [6, 6.07) is 4.53. The van der Waals surface area contributed by atoms with Gasteiger partial charge in [-0.25, -0.2) is 4.98 Å². The van der Waals surface area contributed by atoms with E-state index in [0.29, 0.717) is 31.6 Å². The Morgan fingerprint density at radius 1 is 1.26 bits per heavy atom. The van der Waals surface area contributed by atoms with E-state index in [4.69, 9.17) is 4.74 Å². The van der Waals surface area contributed by atoms with E-state index in [1.807, 2.05) is 12.3 Å². The molecule has 1 aromatic carbocycles. The van der Waals surface area contributed by atoms with Gasteiger partial charge in [-0.1, -0.05) is 12.1 Å². The molecule has 4 amide bonds. The number of nitrogens with zero attached hydrogens (tertiary/aromatic N) is 1. The standard InChI is InChI=1S/C26H35N5O6S/c1-16-15-38-22(29-16)9-5-12-27-25(35)19-10-11-21(33)31-23(17(2)32)26(36)28-13-6-14-37-20-8-4-3-7-18(20)24(34)30-19/h3-4,7-8,15,17,19,23,32H,5-6,9-14H2,1-2H3,(H,27,35)(H,28,36)(H,30,34)(H,31,33)/t17-,19+,23?/m1/s1. The number of fused-ring (bicyclic) bond motifs is 1. The van der Waals surface area contributed by atoms with E-state index in [2.05, 4.69) is 26.3 Å². The number of hydrogen-bond acceptors (Lipinski definition) is 8. The quantitative estimate of drug-likeness (QED) is 0.337. The number of aromatic nitrogens is 1. The minimum Gasteiger partial charge on any atom is -0.493 e. The highest BCUT2D eigenvalue weighted by atomic mass is 32.1. The molecule has 0 spiro atoms. The maximum absolute atomic E-state index is 13.1. The highest BCUT2D eigenvalue weighted by Crippen LogP contribution is 2.19. The van der Waals surface area contributed by atoms with Crippen LogP contribution in [0.15, 0.2) is 29.6 Å². The van der Waals surface area contributed by atoms with Gasteiger partial charge in [0.05, 0.1) is 23.3 Å². The van der Waals surface area contributed by atoms with Crippen molar-refractivity contribution in [3.63, 3.8) is 0 Å². The second kappa shape index (κ2) is 14.4. The summed E-state index contributed by atoms with van der Waals surface area (Å²) in [5, 5.41) is 23.7. The zero-order valence-corrected chi connectivity index (χ0v) is 22.4. The van der Waals surface area contributed by atoms with Crippen LogP contribution in [0.5, 0.6) is 5.75 Å². The van der Waals surface area contributed by atoms with Crippen LogP contribution in [0.3, 0.4) is 0 Å². The monoisotopic (exact) mass is 545 g/mol. The number of hydrogen-bond donors (Lipinski definition) is 5. The number of carbonyl (C=O) groups excluding carboxylic acids is 4. The number of benzene rings is 1. The molecule has 1 aromatic heterocycles. The summed E-state index contributed by atoms with van der Waals surface area (Å²) in [6.07, 6.45) is 0.542. The third-order valence-corrected chi connectivity index (χ3v) is 6.93. The molecule has 0 saturated carbocycles. The van der Waals surface area contributed by atoms with Crippen LogP contribution in [0.2, 0.25) is 0 Å². The number of para-hydroxylation sites is 1. The van der Waals surface area contributed by atoms with Gasteiger partial charge in [0, 0.05) is 37.0 Å². The predicted octanol–water partition coefficient (Wildman–Crippen LogP) is 0.843. The first-order valence-electron chi connectivity index (χ1n) is 12.7. The smallest absolute Gasteiger partial charge is 0.255 e. The molecule has 0 fully saturated rings. The van der Waals surface area contributed by atoms with Crippen LogP contribution >= 0.6 is 11.3 Å². The van der Waals surface area contributed by atoms with Gasteiger partial charge in [0.1, 0.15) is 17.8 Å². The fourth-order valence-electron chi connectivity index (χ4n) is 3.88. The number of carbonyl (C=O) groups is 4. The zero-order valence-electron chi connectivity index (χ0n) is 21.6. The van der Waals surface area contributed by atoms with Crippen LogP contribution in [0.4, 0.5) is 0 Å². The fraction of sp³-hybridized carbons (Fsp3) is 0.500. The number of ether oxygens (including phenoxy) is 1. The van der Waals surface area contributed by atoms with Crippen molar-refractivity contribution in [1.82, 2.24) is 26.3 Å². The molecule has 0 aliphatic carbocycles. The molecule has 0 radical (unpaired) electrons. The van der Waals surface area contributed by atoms with Gasteiger partial charge < -0.3 is 31.1 Å². The Balaban J connectivity index is 1.72. The summed E-state index contributed by atoms with van der Waals surface area (Å²) < 4.78 is 5.77. The van der Waals surface area contributed by atoms with E-state index < -0.39 is 41.8 Å². The summed E-state index contributed by atoms with van der Waals surface area (Å²) in [5.41, 5.74) is 1.22. The molecule has 2 heterocycles. The number of nitrogens with one attached hydrogen (secondary N) is 4. The van der Waals surface area contributed by atoms with Crippen LogP contribution in [0.25, 0.3) is 0 Å². The number of aliphatic hydroxyl groups excluding tert-OH is 1. The van der Waals surface area contributed by atoms with Crippen molar-refractivity contribution in [2.75, 3.05) is 19.7 Å². The number of aryl methyl sites for hydroxylation is 2. The largest absolute Gasteiger partial charge is 0.493 e. The molecule has 0 saturated heterocycles. The minimum atomic E-state index is -1.14. The van der Waals surface area contributed by atoms with E-state index in [1.165, 1.54) is 6.92 Å². The van der Waals surface area contributed by atoms with Crippen molar-refractivity contribution in [2.45, 2.75) is 64.1 Å². The lowest BCUT2D eigenvalue weighted by Crippen LogP contribution is -2.53. The molecule has 206 valence electrons. The molecule has 12 heteroatoms. The Hall–Kier alpha value is -3.51. The van der Waals surface area contributed by atoms with Gasteiger partial charge in [0.25, 0.3) is 5.91 Å². The fourth-order valence-corrected chi connectivity index (χ4v) is 4.70. The van der Waals surface area contributed by atoms with E-state index >= 15 is 0 Å². The van der Waals surface area contributed by atoms with Gasteiger partial charge in [-0.05, 0) is 45.2 Å². The average Bonchev–Trinajstić information content (AvgIpc) is 3.31. The maximum atomic E-state index is 13.1. The molecule has 11 nitrogen and oxygen atoms in total. The lowest BCUT2D eigenvalue weighted by Gasteiger charge is -2.23. The topological polar surface area (TPSA) is 159 Å². The molecule has 1 aliphatic rings. The molecular weight excluding hydrogens is 510 g/mol. The summed E-state index contributed by atoms with van der Waals surface area (Å²) in [7, 11) is 0. The maximum Gasteiger partial charge on any atom is 0.255 e. The Kier molecular flexibility index (Phi) is 11.0. The van der Waals surface area contributed by atoms with Crippen molar-refractivity contribution < 1.29 is 29.0 Å². The Morgan fingerprint density at radius 3 is 2.79 bits per heavy atom. The third-order valence-electron chi connectivity index (χ3n) is 5.91. The molecule has 5 N–H and O–H groups in total. The van der Waals surface area contributed by atoms with E-state index in [1.54, 1.807) is 35.6 Å². The van der Waals surface area contributed by atoms with Crippen molar-refractivity contribution in [3.8, 4) is 5.75 Å². The van der Waals surface area contributed by atoms with Gasteiger partial charge in [0.2, 0.25) is 17.7 Å². The van der Waals surface area contributed by atoms with Gasteiger partial charge >= 0.3 is 0 Å². The number of rotatable bonds is 6. The normalized spacial score (nSPS) is 20.2. The van der Waals surface area contributed by atoms with Crippen molar-refractivity contribution in [3.05, 3.63) is 45.9 Å². The number of aliphatic hydroxyl groups is 1. The minimum absolute atomic E-state index is 0.00768. The highest BCUT2D eigenvalue weighted by molar-refractivity contribution is 7.09. The number of amides is 4. The first-order valence-corrected chi connectivity index (χ1v) is 13.6. The summed E-state index contributed by atoms with van der Waals surface area (Å²) in [4.78, 5) is 55.7. The Labute approximate surface area is 225 Å². The van der Waals surface area contributed by atoms with Gasteiger partial charge in [-0.3, -0.25) is 19.2 Å². The van der Waals surface area contributed by atoms with Gasteiger partial charge in [0.15, 0.2) is 0 Å². The van der Waals surface area contributed by atoms with Crippen LogP contribution in [0.1, 0.15) is 53.7 Å². The van der Waals surface area contributed by atoms with Crippen molar-refractivity contribution >= 4 is 35.0 Å². The molecular formula is C26H35N5O6S. The van der Waals surface area contributed by atoms with E-state index in [9.17, 15) is 24.3 Å². The van der Waals surface area contributed by atoms with Gasteiger partial charge in [-0.2, -0.15) is 0 Å². The van der Waals surface area contributed by atoms with E-state index in [-0.39, 0.29) is 31.6 Å². The number of thiazole rings is 1. The summed E-state index contributed by atoms with van der Waals surface area (Å²) >= 11 is 1.57. The summed E-state index contributed by atoms with van der Waals surface area (Å²) in [6.45, 7) is 4.19. The van der Waals surface area contributed by atoms with Crippen LogP contribution in [-0.4, -0.2) is 71.6 Å². The van der Waals surface area contributed by atoms with Crippen LogP contribution in [0, 0.1) is 6.92 Å². The molecule has 1 unspecified atom stereocenters. The lowest BCUT2D eigenvalue weighted by molar-refractivity contribution is -0.132. The predicted molar refractivity (Wildman–Crippen MR) is 142 cm³/mol. The van der Waals surface area contributed by atoms with E-state index in [0.717, 1.165) is 10.7 Å². The highest BCUT2D eigenvalue weighted by Gasteiger charge is 2.28. The molecule has 1 aliphatic heterocycles. The van der Waals surface area contributed by atoms with Crippen LogP contribution < -0.4 is 26.0 Å². The SMILES string of the molecule is Cc1csc(CCCNC(=O)[C@@H]2CCC(=O)NC([C@@H](C)O)C(=O)NCCCOc3ccccc3C(=O)N2)n1. The van der Waals surface area contributed by atoms with Crippen LogP contribution in [-0.2, 0) is 20.8 Å². The molecule has 38 heavy (non-hydrogen) atoms. The average molecular weight is 546 g/mol. The van der Waals surface area contributed by atoms with Crippen molar-refractivity contribution in [1.29, 1.82) is 0 Å². The zero-order chi connectivity index (χ0) is 27.5. The third kappa shape index (κ3) is 8.80. The molecule has 3 atom stereocenters. The first-order chi connectivity index (χ1) is 18.2. The summed E-state index contributed by atoms with van der Waals surface area (Å²) in [5.74, 6) is -1.61.